The molecular formula is C14H18ClN3O2. The van der Waals surface area contributed by atoms with Crippen LogP contribution in [0.5, 0.6) is 0 Å². The van der Waals surface area contributed by atoms with E-state index >= 15 is 0 Å². The lowest BCUT2D eigenvalue weighted by atomic mass is 10.2. The molecule has 0 saturated carbocycles. The second kappa shape index (κ2) is 7.07. The van der Waals surface area contributed by atoms with Crippen molar-refractivity contribution in [1.82, 2.24) is 10.3 Å². The highest BCUT2D eigenvalue weighted by molar-refractivity contribution is 5.85. The van der Waals surface area contributed by atoms with Crippen molar-refractivity contribution in [3.63, 3.8) is 0 Å². The molecule has 2 atom stereocenters. The Morgan fingerprint density at radius 3 is 2.55 bits per heavy atom. The molecule has 108 valence electrons. The summed E-state index contributed by atoms with van der Waals surface area (Å²) in [5.41, 5.74) is 6.45. The zero-order valence-electron chi connectivity index (χ0n) is 11.4. The van der Waals surface area contributed by atoms with E-state index in [9.17, 15) is 4.79 Å². The van der Waals surface area contributed by atoms with Gasteiger partial charge in [-0.1, -0.05) is 30.3 Å². The third kappa shape index (κ3) is 3.82. The molecule has 0 aliphatic carbocycles. The highest BCUT2D eigenvalue weighted by atomic mass is 35.5. The Morgan fingerprint density at radius 2 is 1.95 bits per heavy atom. The van der Waals surface area contributed by atoms with Gasteiger partial charge in [0.25, 0.3) is 0 Å². The number of nitrogens with zero attached hydrogens (tertiary/aromatic N) is 1. The largest absolute Gasteiger partial charge is 0.438 e. The van der Waals surface area contributed by atoms with E-state index in [1.165, 1.54) is 0 Å². The lowest BCUT2D eigenvalue weighted by Crippen LogP contribution is -2.39. The number of carbonyl (C=O) groups is 1. The van der Waals surface area contributed by atoms with Crippen molar-refractivity contribution in [3.8, 4) is 11.3 Å². The Balaban J connectivity index is 0.00000200. The van der Waals surface area contributed by atoms with E-state index in [4.69, 9.17) is 10.2 Å². The number of oxazole rings is 1. The first-order valence-electron chi connectivity index (χ1n) is 6.15. The Bertz CT molecular complexity index is 555. The van der Waals surface area contributed by atoms with Gasteiger partial charge in [0.05, 0.1) is 12.2 Å². The molecule has 2 rings (SSSR count). The maximum absolute atomic E-state index is 11.5. The van der Waals surface area contributed by atoms with Gasteiger partial charge in [0.1, 0.15) is 6.04 Å². The van der Waals surface area contributed by atoms with Crippen molar-refractivity contribution in [2.45, 2.75) is 25.9 Å². The fourth-order valence-electron chi connectivity index (χ4n) is 1.63. The average molecular weight is 296 g/mol. The summed E-state index contributed by atoms with van der Waals surface area (Å²) >= 11 is 0. The lowest BCUT2D eigenvalue weighted by molar-refractivity contribution is -0.122. The van der Waals surface area contributed by atoms with Gasteiger partial charge in [0, 0.05) is 5.56 Å². The summed E-state index contributed by atoms with van der Waals surface area (Å²) in [5.74, 6) is 0.914. The molecule has 1 aromatic carbocycles. The molecule has 0 aliphatic rings. The summed E-state index contributed by atoms with van der Waals surface area (Å²) in [6.07, 6.45) is 1.65. The molecule has 0 bridgehead atoms. The van der Waals surface area contributed by atoms with Gasteiger partial charge in [-0.05, 0) is 13.8 Å². The number of halogens is 1. The Labute approximate surface area is 124 Å². The van der Waals surface area contributed by atoms with E-state index in [1.54, 1.807) is 20.0 Å². The number of carbonyl (C=O) groups excluding carboxylic acids is 1. The maximum atomic E-state index is 11.5. The maximum Gasteiger partial charge on any atom is 0.237 e. The third-order valence-corrected chi connectivity index (χ3v) is 2.72. The van der Waals surface area contributed by atoms with Crippen molar-refractivity contribution < 1.29 is 9.21 Å². The van der Waals surface area contributed by atoms with Crippen LogP contribution in [0.1, 0.15) is 25.8 Å². The second-order valence-electron chi connectivity index (χ2n) is 4.45. The average Bonchev–Trinajstić information content (AvgIpc) is 2.89. The van der Waals surface area contributed by atoms with Crippen LogP contribution in [0, 0.1) is 0 Å². The molecule has 0 saturated heterocycles. The molecule has 2 aromatic rings. The van der Waals surface area contributed by atoms with E-state index in [-0.39, 0.29) is 24.4 Å². The van der Waals surface area contributed by atoms with Gasteiger partial charge >= 0.3 is 0 Å². The van der Waals surface area contributed by atoms with Crippen molar-refractivity contribution in [3.05, 3.63) is 42.4 Å². The molecule has 1 unspecified atom stereocenters. The predicted octanol–water partition coefficient (Wildman–Crippen LogP) is 2.29. The van der Waals surface area contributed by atoms with E-state index < -0.39 is 6.04 Å². The summed E-state index contributed by atoms with van der Waals surface area (Å²) in [6.45, 7) is 3.44. The summed E-state index contributed by atoms with van der Waals surface area (Å²) in [5, 5.41) is 2.74. The smallest absolute Gasteiger partial charge is 0.237 e. The van der Waals surface area contributed by atoms with Crippen molar-refractivity contribution in [2.75, 3.05) is 0 Å². The zero-order valence-corrected chi connectivity index (χ0v) is 12.2. The van der Waals surface area contributed by atoms with Crippen molar-refractivity contribution in [1.29, 1.82) is 0 Å². The van der Waals surface area contributed by atoms with Crippen LogP contribution in [-0.2, 0) is 4.79 Å². The van der Waals surface area contributed by atoms with Gasteiger partial charge in [-0.15, -0.1) is 12.4 Å². The van der Waals surface area contributed by atoms with Crippen LogP contribution in [0.15, 0.2) is 40.9 Å². The van der Waals surface area contributed by atoms with E-state index in [2.05, 4.69) is 10.3 Å². The van der Waals surface area contributed by atoms with E-state index in [0.29, 0.717) is 11.7 Å². The summed E-state index contributed by atoms with van der Waals surface area (Å²) in [4.78, 5) is 15.7. The van der Waals surface area contributed by atoms with Crippen LogP contribution >= 0.6 is 12.4 Å². The number of hydrogen-bond acceptors (Lipinski definition) is 4. The lowest BCUT2D eigenvalue weighted by Gasteiger charge is -2.12. The predicted molar refractivity (Wildman–Crippen MR) is 79.4 cm³/mol. The molecule has 0 spiro atoms. The molecule has 1 aromatic heterocycles. The highest BCUT2D eigenvalue weighted by Crippen LogP contribution is 2.22. The minimum absolute atomic E-state index is 0. The summed E-state index contributed by atoms with van der Waals surface area (Å²) in [7, 11) is 0. The first-order chi connectivity index (χ1) is 9.08. The van der Waals surface area contributed by atoms with Crippen LogP contribution < -0.4 is 11.1 Å². The number of nitrogens with one attached hydrogen (secondary N) is 1. The fourth-order valence-corrected chi connectivity index (χ4v) is 1.63. The Kier molecular flexibility index (Phi) is 5.73. The standard InChI is InChI=1S/C14H17N3O2.ClH/c1-9(15)13(18)17-10(2)14-16-8-12(19-14)11-6-4-3-5-7-11;/h3-10H,15H2,1-2H3,(H,17,18);1H/t9-,10?;/m1./s1. The van der Waals surface area contributed by atoms with Gasteiger partial charge < -0.3 is 15.5 Å². The second-order valence-corrected chi connectivity index (χ2v) is 4.45. The molecule has 0 aliphatic heterocycles. The van der Waals surface area contributed by atoms with E-state index in [1.807, 2.05) is 30.3 Å². The van der Waals surface area contributed by atoms with Crippen molar-refractivity contribution in [2.24, 2.45) is 5.73 Å². The number of nitrogens with two attached hydrogens (primary N) is 1. The van der Waals surface area contributed by atoms with Gasteiger partial charge in [0.2, 0.25) is 11.8 Å². The topological polar surface area (TPSA) is 81.2 Å². The van der Waals surface area contributed by atoms with Gasteiger partial charge in [-0.3, -0.25) is 4.79 Å². The van der Waals surface area contributed by atoms with Gasteiger partial charge in [-0.25, -0.2) is 4.98 Å². The summed E-state index contributed by atoms with van der Waals surface area (Å²) < 4.78 is 5.65. The highest BCUT2D eigenvalue weighted by Gasteiger charge is 2.17. The molecule has 6 heteroatoms. The first kappa shape index (κ1) is 16.2. The van der Waals surface area contributed by atoms with Crippen LogP contribution in [0.2, 0.25) is 0 Å². The number of amides is 1. The molecular weight excluding hydrogens is 278 g/mol. The molecule has 20 heavy (non-hydrogen) atoms. The van der Waals surface area contributed by atoms with Crippen LogP contribution in [0.25, 0.3) is 11.3 Å². The SMILES string of the molecule is CC(NC(=O)[C@@H](C)N)c1ncc(-c2ccccc2)o1.Cl. The first-order valence-corrected chi connectivity index (χ1v) is 6.15. The van der Waals surface area contributed by atoms with Crippen LogP contribution in [0.3, 0.4) is 0 Å². The van der Waals surface area contributed by atoms with Crippen LogP contribution in [-0.4, -0.2) is 16.9 Å². The molecule has 1 amide bonds. The Morgan fingerprint density at radius 1 is 1.30 bits per heavy atom. The van der Waals surface area contributed by atoms with Gasteiger partial charge in [0.15, 0.2) is 5.76 Å². The van der Waals surface area contributed by atoms with Crippen molar-refractivity contribution >= 4 is 18.3 Å². The molecule has 0 fully saturated rings. The number of aromatic nitrogens is 1. The van der Waals surface area contributed by atoms with Gasteiger partial charge in [-0.2, -0.15) is 0 Å². The monoisotopic (exact) mass is 295 g/mol. The number of benzene rings is 1. The molecule has 0 radical (unpaired) electrons. The molecule has 1 heterocycles. The normalized spacial score (nSPS) is 13.2. The molecule has 3 N–H and O–H groups in total. The Hall–Kier alpha value is -1.85. The molecule has 5 nitrogen and oxygen atoms in total. The fraction of sp³-hybridized carbons (Fsp3) is 0.286. The van der Waals surface area contributed by atoms with Crippen LogP contribution in [0.4, 0.5) is 0 Å². The summed E-state index contributed by atoms with van der Waals surface area (Å²) in [6, 6.07) is 8.82. The number of hydrogen-bond donors (Lipinski definition) is 2. The van der Waals surface area contributed by atoms with E-state index in [0.717, 1.165) is 5.56 Å². The quantitative estimate of drug-likeness (QED) is 0.907. The number of rotatable bonds is 4. The minimum Gasteiger partial charge on any atom is -0.438 e. The third-order valence-electron chi connectivity index (χ3n) is 2.72. The minimum atomic E-state index is -0.550. The zero-order chi connectivity index (χ0) is 13.8.